The molecule has 9 nitrogen and oxygen atoms in total. The second kappa shape index (κ2) is 11.2. The summed E-state index contributed by atoms with van der Waals surface area (Å²) >= 11 is 7.71. The van der Waals surface area contributed by atoms with Crippen LogP contribution in [0.15, 0.2) is 44.7 Å². The van der Waals surface area contributed by atoms with E-state index in [0.717, 1.165) is 37.8 Å². The molecule has 0 aromatic heterocycles. The molecule has 1 saturated heterocycles. The van der Waals surface area contributed by atoms with Crippen LogP contribution >= 0.6 is 35.7 Å². The van der Waals surface area contributed by atoms with Crippen molar-refractivity contribution in [1.82, 2.24) is 4.90 Å². The second-order valence-electron chi connectivity index (χ2n) is 6.96. The summed E-state index contributed by atoms with van der Waals surface area (Å²) in [5.41, 5.74) is 2.41. The zero-order valence-electron chi connectivity index (χ0n) is 17.9. The number of thiocarbonyl (C=S) groups is 1. The zero-order valence-corrected chi connectivity index (χ0v) is 20.3. The monoisotopic (exact) mass is 510 g/mol. The summed E-state index contributed by atoms with van der Waals surface area (Å²) in [6, 6.07) is 5.90. The summed E-state index contributed by atoms with van der Waals surface area (Å²) in [4.78, 5) is 49.3. The summed E-state index contributed by atoms with van der Waals surface area (Å²) in [6.45, 7) is 2.39. The third-order valence-electron chi connectivity index (χ3n) is 4.79. The quantitative estimate of drug-likeness (QED) is 0.208. The molecule has 1 fully saturated rings. The van der Waals surface area contributed by atoms with E-state index in [1.807, 2.05) is 25.1 Å². The van der Waals surface area contributed by atoms with Crippen molar-refractivity contribution in [2.75, 3.05) is 25.1 Å². The Kier molecular flexibility index (Phi) is 8.54. The Morgan fingerprint density at radius 2 is 1.91 bits per heavy atom. The van der Waals surface area contributed by atoms with Gasteiger partial charge in [-0.25, -0.2) is 9.78 Å². The predicted octanol–water partition coefficient (Wildman–Crippen LogP) is 3.60. The largest absolute Gasteiger partial charge is 0.481 e. The zero-order chi connectivity index (χ0) is 24.1. The molecule has 0 atom stereocenters. The Morgan fingerprint density at radius 1 is 1.15 bits per heavy atom. The average molecular weight is 511 g/mol. The van der Waals surface area contributed by atoms with Crippen LogP contribution < -0.4 is 4.90 Å². The number of nitrogens with zero attached hydrogens (tertiary/aromatic N) is 2. The Balaban J connectivity index is 1.98. The molecular weight excluding hydrogens is 488 g/mol. The molecule has 0 radical (unpaired) electrons. The first-order valence-electron chi connectivity index (χ1n) is 9.91. The molecule has 12 heteroatoms. The maximum absolute atomic E-state index is 12.9. The average Bonchev–Trinajstić information content (AvgIpc) is 3.25. The topological polar surface area (TPSA) is 117 Å². The van der Waals surface area contributed by atoms with Crippen LogP contribution in [-0.2, 0) is 30.8 Å². The van der Waals surface area contributed by atoms with Crippen LogP contribution in [0.4, 0.5) is 5.69 Å². The van der Waals surface area contributed by atoms with Crippen molar-refractivity contribution in [3.8, 4) is 0 Å². The third kappa shape index (κ3) is 5.95. The minimum atomic E-state index is -1.18. The number of amides is 1. The van der Waals surface area contributed by atoms with Gasteiger partial charge in [-0.2, -0.15) is 0 Å². The van der Waals surface area contributed by atoms with Crippen molar-refractivity contribution in [2.45, 2.75) is 31.3 Å². The lowest BCUT2D eigenvalue weighted by Crippen LogP contribution is -2.33. The standard InChI is InChI=1S/C21H22N2O7S3/c1-3-22-14-8-12(11-30-29-2)4-6-15(14)32-16(22)9-13(5-7-17(24)25)19-20(28)23(10-18(26)27)21(31)33-19/h4,6,8-9H,3,5,7,10-11H2,1-2H3,(H,24,25)(H,26,27)/b16-9-,19-13+. The van der Waals surface area contributed by atoms with Crippen LogP contribution in [0.5, 0.6) is 0 Å². The van der Waals surface area contributed by atoms with Crippen molar-refractivity contribution in [3.05, 3.63) is 45.3 Å². The van der Waals surface area contributed by atoms with Gasteiger partial charge < -0.3 is 15.1 Å². The van der Waals surface area contributed by atoms with E-state index < -0.39 is 24.4 Å². The highest BCUT2D eigenvalue weighted by atomic mass is 32.2. The van der Waals surface area contributed by atoms with Gasteiger partial charge in [0.15, 0.2) is 0 Å². The first-order chi connectivity index (χ1) is 15.7. The summed E-state index contributed by atoms with van der Waals surface area (Å²) in [7, 11) is 1.44. The van der Waals surface area contributed by atoms with Crippen LogP contribution in [-0.4, -0.2) is 57.5 Å². The van der Waals surface area contributed by atoms with Crippen molar-refractivity contribution in [3.63, 3.8) is 0 Å². The molecule has 33 heavy (non-hydrogen) atoms. The number of carboxylic acids is 2. The van der Waals surface area contributed by atoms with Crippen LogP contribution in [0, 0.1) is 0 Å². The van der Waals surface area contributed by atoms with Crippen LogP contribution in [0.2, 0.25) is 0 Å². The van der Waals surface area contributed by atoms with E-state index in [1.165, 1.54) is 18.9 Å². The van der Waals surface area contributed by atoms with Gasteiger partial charge in [-0.1, -0.05) is 41.8 Å². The maximum Gasteiger partial charge on any atom is 0.323 e. The van der Waals surface area contributed by atoms with Gasteiger partial charge >= 0.3 is 11.9 Å². The van der Waals surface area contributed by atoms with Gasteiger partial charge in [0, 0.05) is 17.9 Å². The number of carboxylic acid groups (broad SMARTS) is 2. The first-order valence-corrected chi connectivity index (χ1v) is 11.9. The molecule has 1 aromatic rings. The van der Waals surface area contributed by atoms with Crippen LogP contribution in [0.3, 0.4) is 0 Å². The lowest BCUT2D eigenvalue weighted by atomic mass is 10.1. The lowest BCUT2D eigenvalue weighted by Gasteiger charge is -2.19. The predicted molar refractivity (Wildman–Crippen MR) is 129 cm³/mol. The smallest absolute Gasteiger partial charge is 0.323 e. The van der Waals surface area contributed by atoms with Gasteiger partial charge in [0.25, 0.3) is 5.91 Å². The van der Waals surface area contributed by atoms with E-state index in [-0.39, 0.29) is 22.1 Å². The van der Waals surface area contributed by atoms with Crippen molar-refractivity contribution in [1.29, 1.82) is 0 Å². The molecule has 2 heterocycles. The number of rotatable bonds is 10. The van der Waals surface area contributed by atoms with Gasteiger partial charge in [-0.15, -0.1) is 0 Å². The highest BCUT2D eigenvalue weighted by Gasteiger charge is 2.36. The molecule has 2 aliphatic heterocycles. The van der Waals surface area contributed by atoms with E-state index in [0.29, 0.717) is 18.7 Å². The second-order valence-corrected chi connectivity index (χ2v) is 9.67. The molecule has 0 saturated carbocycles. The molecule has 0 bridgehead atoms. The Morgan fingerprint density at radius 3 is 2.55 bits per heavy atom. The fourth-order valence-electron chi connectivity index (χ4n) is 3.30. The molecule has 0 aliphatic carbocycles. The number of carbonyl (C=O) groups excluding carboxylic acids is 1. The van der Waals surface area contributed by atoms with E-state index >= 15 is 0 Å². The number of benzene rings is 1. The molecule has 0 unspecified atom stereocenters. The molecule has 0 spiro atoms. The normalized spacial score (nSPS) is 18.3. The number of allylic oxidation sites excluding steroid dienone is 2. The van der Waals surface area contributed by atoms with Crippen molar-refractivity contribution in [2.24, 2.45) is 0 Å². The Bertz CT molecular complexity index is 1050. The number of anilines is 1. The third-order valence-corrected chi connectivity index (χ3v) is 7.41. The molecule has 176 valence electrons. The Labute approximate surface area is 204 Å². The van der Waals surface area contributed by atoms with Gasteiger partial charge in [-0.05, 0) is 42.7 Å². The molecule has 2 N–H and O–H groups in total. The van der Waals surface area contributed by atoms with Crippen LogP contribution in [0.25, 0.3) is 0 Å². The fourth-order valence-corrected chi connectivity index (χ4v) is 5.80. The lowest BCUT2D eigenvalue weighted by molar-refractivity contribution is -0.282. The number of hydrogen-bond donors (Lipinski definition) is 2. The molecule has 1 amide bonds. The highest BCUT2D eigenvalue weighted by molar-refractivity contribution is 8.26. The van der Waals surface area contributed by atoms with E-state index in [1.54, 1.807) is 6.08 Å². The summed E-state index contributed by atoms with van der Waals surface area (Å²) in [6.07, 6.45) is 1.73. The number of carbonyl (C=O) groups is 3. The summed E-state index contributed by atoms with van der Waals surface area (Å²) in [5.74, 6) is -2.69. The molecule has 3 rings (SSSR count). The van der Waals surface area contributed by atoms with Crippen LogP contribution in [0.1, 0.15) is 25.3 Å². The Hall–Kier alpha value is -2.38. The van der Waals surface area contributed by atoms with Gasteiger partial charge in [0.05, 0.1) is 22.7 Å². The van der Waals surface area contributed by atoms with E-state index in [9.17, 15) is 19.5 Å². The fraction of sp³-hybridized carbons (Fsp3) is 0.333. The SMILES string of the molecule is CCN1/C(=C/C(CCC(=O)O)=C2/SC(=S)N(CC(=O)O)C2=O)Sc2ccc(COOC)cc21. The number of fused-ring (bicyclic) bond motifs is 1. The maximum atomic E-state index is 12.9. The minimum absolute atomic E-state index is 0.109. The number of hydrogen-bond acceptors (Lipinski definition) is 9. The summed E-state index contributed by atoms with van der Waals surface area (Å²) in [5, 5.41) is 19.1. The summed E-state index contributed by atoms with van der Waals surface area (Å²) < 4.78 is 0.140. The molecule has 1 aromatic carbocycles. The van der Waals surface area contributed by atoms with Gasteiger partial charge in [0.1, 0.15) is 17.5 Å². The minimum Gasteiger partial charge on any atom is -0.481 e. The van der Waals surface area contributed by atoms with Crippen molar-refractivity contribution >= 4 is 63.6 Å². The van der Waals surface area contributed by atoms with Gasteiger partial charge in [0.2, 0.25) is 0 Å². The van der Waals surface area contributed by atoms with E-state index in [4.69, 9.17) is 22.2 Å². The highest BCUT2D eigenvalue weighted by Crippen LogP contribution is 2.47. The first kappa shape index (κ1) is 25.2. The van der Waals surface area contributed by atoms with E-state index in [2.05, 4.69) is 9.79 Å². The molecular formula is C21H22N2O7S3. The van der Waals surface area contributed by atoms with Crippen molar-refractivity contribution < 1.29 is 34.4 Å². The number of thioether (sulfide) groups is 2. The number of aliphatic carboxylic acids is 2. The van der Waals surface area contributed by atoms with Gasteiger partial charge in [-0.3, -0.25) is 19.3 Å². The molecule has 2 aliphatic rings.